The van der Waals surface area contributed by atoms with E-state index >= 15 is 0 Å². The van der Waals surface area contributed by atoms with Gasteiger partial charge in [0.25, 0.3) is 0 Å². The van der Waals surface area contributed by atoms with Crippen molar-refractivity contribution in [1.82, 2.24) is 10.2 Å². The largest absolute Gasteiger partial charge is 0.329 e. The summed E-state index contributed by atoms with van der Waals surface area (Å²) in [5, 5.41) is 3.23. The first-order chi connectivity index (χ1) is 10.8. The Morgan fingerprint density at radius 3 is 2.78 bits per heavy atom. The van der Waals surface area contributed by atoms with Crippen LogP contribution < -0.4 is 5.32 Å². The Hall–Kier alpha value is -1.77. The van der Waals surface area contributed by atoms with Gasteiger partial charge in [-0.05, 0) is 63.6 Å². The summed E-state index contributed by atoms with van der Waals surface area (Å²) in [7, 11) is 0. The van der Waals surface area contributed by atoms with Crippen LogP contribution in [0.5, 0.6) is 0 Å². The zero-order valence-electron chi connectivity index (χ0n) is 15.0. The molecule has 0 aromatic heterocycles. The Bertz CT molecular complexity index is 577. The van der Waals surface area contributed by atoms with E-state index in [0.717, 1.165) is 42.5 Å². The van der Waals surface area contributed by atoms with Crippen molar-refractivity contribution in [1.29, 1.82) is 0 Å². The second-order valence-corrected chi connectivity index (χ2v) is 7.17. The fraction of sp³-hybridized carbons (Fsp3) is 0.550. The predicted molar refractivity (Wildman–Crippen MR) is 97.3 cm³/mol. The van der Waals surface area contributed by atoms with E-state index in [0.29, 0.717) is 6.04 Å². The lowest BCUT2D eigenvalue weighted by Gasteiger charge is -2.38. The van der Waals surface area contributed by atoms with Crippen LogP contribution in [0.25, 0.3) is 5.57 Å². The summed E-state index contributed by atoms with van der Waals surface area (Å²) in [5.74, 6) is 0. The topological polar surface area (TPSA) is 32.3 Å². The Balaban J connectivity index is 2.15. The van der Waals surface area contributed by atoms with Crippen molar-refractivity contribution >= 4 is 11.6 Å². The fourth-order valence-electron chi connectivity index (χ4n) is 3.28. The van der Waals surface area contributed by atoms with Crippen molar-refractivity contribution < 1.29 is 4.79 Å². The standard InChI is InChI=1S/C20H30N2O/c1-6-18-12-7-8-13-22(18)19(23)21-20(4,5)17-11-9-10-16(14-17)15(2)3/h9-11,14,18H,2,6-8,12-13H2,1,3-5H3,(H,21,23)/t18-/m0/s1. The maximum Gasteiger partial charge on any atom is 0.318 e. The predicted octanol–water partition coefficient (Wildman–Crippen LogP) is 4.93. The van der Waals surface area contributed by atoms with Crippen LogP contribution in [0.4, 0.5) is 4.79 Å². The first kappa shape index (κ1) is 17.6. The van der Waals surface area contributed by atoms with E-state index in [2.05, 4.69) is 50.9 Å². The average Bonchev–Trinajstić information content (AvgIpc) is 2.54. The van der Waals surface area contributed by atoms with Gasteiger partial charge in [0.05, 0.1) is 5.54 Å². The minimum atomic E-state index is -0.404. The van der Waals surface area contributed by atoms with Gasteiger partial charge in [0.1, 0.15) is 0 Å². The summed E-state index contributed by atoms with van der Waals surface area (Å²) in [6.45, 7) is 13.2. The van der Waals surface area contributed by atoms with Gasteiger partial charge in [-0.1, -0.05) is 37.3 Å². The van der Waals surface area contributed by atoms with Crippen molar-refractivity contribution in [3.63, 3.8) is 0 Å². The number of nitrogens with one attached hydrogen (secondary N) is 1. The average molecular weight is 314 g/mol. The van der Waals surface area contributed by atoms with E-state index in [9.17, 15) is 4.79 Å². The van der Waals surface area contributed by atoms with E-state index < -0.39 is 5.54 Å². The lowest BCUT2D eigenvalue weighted by atomic mass is 9.91. The molecule has 1 fully saturated rings. The number of amides is 2. The molecule has 3 heteroatoms. The van der Waals surface area contributed by atoms with Gasteiger partial charge in [0, 0.05) is 12.6 Å². The molecule has 126 valence electrons. The molecule has 3 nitrogen and oxygen atoms in total. The maximum absolute atomic E-state index is 12.8. The number of urea groups is 1. The van der Waals surface area contributed by atoms with Crippen LogP contribution in [-0.4, -0.2) is 23.5 Å². The number of nitrogens with zero attached hydrogens (tertiary/aromatic N) is 1. The van der Waals surface area contributed by atoms with E-state index in [1.165, 1.54) is 6.42 Å². The molecule has 1 aromatic rings. The molecule has 1 heterocycles. The zero-order chi connectivity index (χ0) is 17.0. The summed E-state index contributed by atoms with van der Waals surface area (Å²) >= 11 is 0. The number of allylic oxidation sites excluding steroid dienone is 1. The van der Waals surface area contributed by atoms with Crippen molar-refractivity contribution in [2.75, 3.05) is 6.54 Å². The van der Waals surface area contributed by atoms with Gasteiger partial charge in [-0.2, -0.15) is 0 Å². The molecule has 1 saturated heterocycles. The minimum absolute atomic E-state index is 0.0577. The summed E-state index contributed by atoms with van der Waals surface area (Å²) in [5.41, 5.74) is 2.86. The maximum atomic E-state index is 12.8. The van der Waals surface area contributed by atoms with Gasteiger partial charge in [-0.25, -0.2) is 4.79 Å². The lowest BCUT2D eigenvalue weighted by molar-refractivity contribution is 0.140. The monoisotopic (exact) mass is 314 g/mol. The number of carbonyl (C=O) groups is 1. The van der Waals surface area contributed by atoms with Crippen LogP contribution >= 0.6 is 0 Å². The Kier molecular flexibility index (Phi) is 5.51. The van der Waals surface area contributed by atoms with Gasteiger partial charge < -0.3 is 10.2 Å². The summed E-state index contributed by atoms with van der Waals surface area (Å²) in [6, 6.07) is 8.71. The van der Waals surface area contributed by atoms with Crippen molar-refractivity contribution in [3.05, 3.63) is 42.0 Å². The van der Waals surface area contributed by atoms with Crippen LogP contribution in [0.1, 0.15) is 64.5 Å². The quantitative estimate of drug-likeness (QED) is 0.839. The summed E-state index contributed by atoms with van der Waals surface area (Å²) in [6.07, 6.45) is 4.48. The molecule has 0 aliphatic carbocycles. The van der Waals surface area contributed by atoms with E-state index in [4.69, 9.17) is 0 Å². The smallest absolute Gasteiger partial charge is 0.318 e. The molecule has 0 radical (unpaired) electrons. The molecular weight excluding hydrogens is 284 g/mol. The van der Waals surface area contributed by atoms with Crippen LogP contribution in [0, 0.1) is 0 Å². The van der Waals surface area contributed by atoms with Crippen LogP contribution in [0.3, 0.4) is 0 Å². The second-order valence-electron chi connectivity index (χ2n) is 7.17. The highest BCUT2D eigenvalue weighted by Gasteiger charge is 2.30. The summed E-state index contributed by atoms with van der Waals surface area (Å²) in [4.78, 5) is 14.8. The molecule has 2 amide bonds. The third kappa shape index (κ3) is 4.15. The summed E-state index contributed by atoms with van der Waals surface area (Å²) < 4.78 is 0. The fourth-order valence-corrected chi connectivity index (χ4v) is 3.28. The van der Waals surface area contributed by atoms with E-state index in [-0.39, 0.29) is 6.03 Å². The van der Waals surface area contributed by atoms with Gasteiger partial charge in [0.2, 0.25) is 0 Å². The molecule has 0 saturated carbocycles. The Morgan fingerprint density at radius 1 is 1.39 bits per heavy atom. The zero-order valence-corrected chi connectivity index (χ0v) is 15.0. The number of benzene rings is 1. The SMILES string of the molecule is C=C(C)c1cccc(C(C)(C)NC(=O)N2CCCC[C@@H]2CC)c1. The molecule has 0 bridgehead atoms. The van der Waals surface area contributed by atoms with Crippen molar-refractivity contribution in [3.8, 4) is 0 Å². The number of rotatable bonds is 4. The van der Waals surface area contributed by atoms with Gasteiger partial charge in [-0.15, -0.1) is 0 Å². The number of likely N-dealkylation sites (tertiary alicyclic amines) is 1. The van der Waals surface area contributed by atoms with Crippen LogP contribution in [0.15, 0.2) is 30.8 Å². The highest BCUT2D eigenvalue weighted by molar-refractivity contribution is 5.76. The third-order valence-corrected chi connectivity index (χ3v) is 4.86. The van der Waals surface area contributed by atoms with Crippen molar-refractivity contribution in [2.45, 2.75) is 65.0 Å². The molecule has 1 N–H and O–H groups in total. The molecule has 2 rings (SSSR count). The highest BCUT2D eigenvalue weighted by Crippen LogP contribution is 2.25. The molecule has 1 aromatic carbocycles. The number of piperidine rings is 1. The third-order valence-electron chi connectivity index (χ3n) is 4.86. The Morgan fingerprint density at radius 2 is 2.13 bits per heavy atom. The first-order valence-corrected chi connectivity index (χ1v) is 8.70. The lowest BCUT2D eigenvalue weighted by Crippen LogP contribution is -2.53. The molecule has 1 atom stereocenters. The normalized spacial score (nSPS) is 18.6. The van der Waals surface area contributed by atoms with E-state index in [1.807, 2.05) is 17.9 Å². The number of carbonyl (C=O) groups excluding carboxylic acids is 1. The molecule has 1 aliphatic rings. The molecule has 23 heavy (non-hydrogen) atoms. The van der Waals surface area contributed by atoms with E-state index in [1.54, 1.807) is 0 Å². The van der Waals surface area contributed by atoms with Gasteiger partial charge in [-0.3, -0.25) is 0 Å². The van der Waals surface area contributed by atoms with Crippen molar-refractivity contribution in [2.24, 2.45) is 0 Å². The molecule has 1 aliphatic heterocycles. The van der Waals surface area contributed by atoms with Crippen LogP contribution in [-0.2, 0) is 5.54 Å². The highest BCUT2D eigenvalue weighted by atomic mass is 16.2. The van der Waals surface area contributed by atoms with Gasteiger partial charge >= 0.3 is 6.03 Å². The first-order valence-electron chi connectivity index (χ1n) is 8.70. The molecule has 0 spiro atoms. The number of hydrogen-bond acceptors (Lipinski definition) is 1. The number of hydrogen-bond donors (Lipinski definition) is 1. The Labute approximate surface area is 140 Å². The minimum Gasteiger partial charge on any atom is -0.329 e. The molecular formula is C20H30N2O. The second kappa shape index (κ2) is 7.20. The van der Waals surface area contributed by atoms with Gasteiger partial charge in [0.15, 0.2) is 0 Å². The van der Waals surface area contributed by atoms with Crippen LogP contribution in [0.2, 0.25) is 0 Å². The molecule has 0 unspecified atom stereocenters.